The summed E-state index contributed by atoms with van der Waals surface area (Å²) in [5, 5.41) is 2.94. The smallest absolute Gasteiger partial charge is 0.251 e. The average Bonchev–Trinajstić information content (AvgIpc) is 3.22. The highest BCUT2D eigenvalue weighted by Crippen LogP contribution is 2.35. The molecule has 37 heavy (non-hydrogen) atoms. The molecule has 2 amide bonds. The van der Waals surface area contributed by atoms with Gasteiger partial charge in [0, 0.05) is 36.5 Å². The molecule has 2 aromatic carbocycles. The molecule has 1 saturated heterocycles. The molecule has 2 aromatic rings. The minimum Gasteiger partial charge on any atom is -0.340 e. The second-order valence-electron chi connectivity index (χ2n) is 10.9. The van der Waals surface area contributed by atoms with Gasteiger partial charge in [0.2, 0.25) is 5.91 Å². The number of carbonyl (C=O) groups excluding carboxylic acids is 2. The Morgan fingerprint density at radius 3 is 2.43 bits per heavy atom. The number of nitrogens with one attached hydrogen (secondary N) is 1. The molecule has 0 unspecified atom stereocenters. The maximum atomic E-state index is 13.4. The van der Waals surface area contributed by atoms with Crippen LogP contribution in [0.3, 0.4) is 0 Å². The van der Waals surface area contributed by atoms with Gasteiger partial charge in [0.15, 0.2) is 0 Å². The minimum atomic E-state index is -3.19. The second kappa shape index (κ2) is 11.4. The van der Waals surface area contributed by atoms with Crippen molar-refractivity contribution >= 4 is 21.7 Å². The molecule has 1 N–H and O–H groups in total. The van der Waals surface area contributed by atoms with Crippen LogP contribution in [-0.4, -0.2) is 79.8 Å². The Bertz CT molecular complexity index is 1210. The van der Waals surface area contributed by atoms with Crippen molar-refractivity contribution in [1.82, 2.24) is 15.1 Å². The van der Waals surface area contributed by atoms with Crippen molar-refractivity contribution in [1.29, 1.82) is 0 Å². The molecular weight excluding hydrogens is 486 g/mol. The number of likely N-dealkylation sites (tertiary alicyclic amines) is 1. The van der Waals surface area contributed by atoms with Crippen LogP contribution in [0, 0.1) is 5.92 Å². The normalized spacial score (nSPS) is 24.6. The van der Waals surface area contributed by atoms with Gasteiger partial charge in [-0.25, -0.2) is 8.42 Å². The number of amides is 2. The largest absolute Gasteiger partial charge is 0.340 e. The monoisotopic (exact) mass is 525 g/mol. The summed E-state index contributed by atoms with van der Waals surface area (Å²) in [6.07, 6.45) is 4.25. The Hall–Kier alpha value is -2.71. The molecule has 8 heteroatoms. The van der Waals surface area contributed by atoms with Gasteiger partial charge in [-0.2, -0.15) is 0 Å². The van der Waals surface area contributed by atoms with Crippen LogP contribution < -0.4 is 5.32 Å². The van der Waals surface area contributed by atoms with Crippen molar-refractivity contribution in [2.45, 2.75) is 63.7 Å². The maximum Gasteiger partial charge on any atom is 0.251 e. The van der Waals surface area contributed by atoms with Crippen LogP contribution in [0.5, 0.6) is 0 Å². The Morgan fingerprint density at radius 1 is 1.05 bits per heavy atom. The van der Waals surface area contributed by atoms with E-state index in [9.17, 15) is 18.0 Å². The van der Waals surface area contributed by atoms with Crippen LogP contribution in [0.25, 0.3) is 11.1 Å². The van der Waals surface area contributed by atoms with Crippen molar-refractivity contribution in [2.24, 2.45) is 5.92 Å². The summed E-state index contributed by atoms with van der Waals surface area (Å²) in [6.45, 7) is 4.82. The standard InChI is InChI=1S/C29H39N3O4S/c1-20(2)31(3)25-13-14-27(24(18-25)19-37(4,35)36)32-16-15-26(29(32)34)30-28(33)23-12-8-11-22(17-23)21-9-6-5-7-10-21/h5-12,17,20,24-27H,13-16,18-19H2,1-4H3,(H,30,33)/t24-,25-,26+,27+/m1/s1. The summed E-state index contributed by atoms with van der Waals surface area (Å²) < 4.78 is 24.5. The SMILES string of the molecule is CC(C)N(C)[C@@H]1CC[C@H](N2CC[C@H](NC(=O)c3cccc(-c4ccccc4)c3)C2=O)[C@@H](CS(C)(=O)=O)C1. The molecular formula is C29H39N3O4S. The first-order valence-corrected chi connectivity index (χ1v) is 15.3. The predicted octanol–water partition coefficient (Wildman–Crippen LogP) is 3.61. The first-order chi connectivity index (χ1) is 17.5. The number of sulfone groups is 1. The quantitative estimate of drug-likeness (QED) is 0.569. The van der Waals surface area contributed by atoms with Crippen LogP contribution in [0.4, 0.5) is 0 Å². The molecule has 7 nitrogen and oxygen atoms in total. The fraction of sp³-hybridized carbons (Fsp3) is 0.517. The summed E-state index contributed by atoms with van der Waals surface area (Å²) in [4.78, 5) is 30.7. The van der Waals surface area contributed by atoms with Crippen LogP contribution in [0.15, 0.2) is 54.6 Å². The lowest BCUT2D eigenvalue weighted by atomic mass is 9.81. The first kappa shape index (κ1) is 27.3. The lowest BCUT2D eigenvalue weighted by molar-refractivity contribution is -0.133. The van der Waals surface area contributed by atoms with Crippen molar-refractivity contribution in [3.63, 3.8) is 0 Å². The Balaban J connectivity index is 1.45. The third-order valence-corrected chi connectivity index (χ3v) is 9.03. The van der Waals surface area contributed by atoms with Crippen molar-refractivity contribution in [3.05, 3.63) is 60.2 Å². The van der Waals surface area contributed by atoms with E-state index in [-0.39, 0.29) is 29.5 Å². The van der Waals surface area contributed by atoms with Crippen molar-refractivity contribution in [2.75, 3.05) is 25.6 Å². The molecule has 1 aliphatic heterocycles. The molecule has 0 radical (unpaired) electrons. The molecule has 2 aliphatic rings. The average molecular weight is 526 g/mol. The zero-order valence-electron chi connectivity index (χ0n) is 22.3. The molecule has 4 rings (SSSR count). The fourth-order valence-electron chi connectivity index (χ4n) is 5.87. The molecule has 0 aromatic heterocycles. The summed E-state index contributed by atoms with van der Waals surface area (Å²) in [7, 11) is -1.11. The van der Waals surface area contributed by atoms with Gasteiger partial charge in [0.05, 0.1) is 5.75 Å². The van der Waals surface area contributed by atoms with E-state index in [0.29, 0.717) is 30.6 Å². The van der Waals surface area contributed by atoms with E-state index in [1.54, 1.807) is 6.07 Å². The van der Waals surface area contributed by atoms with Gasteiger partial charge in [-0.05, 0) is 75.8 Å². The molecule has 1 aliphatic carbocycles. The Morgan fingerprint density at radius 2 is 1.76 bits per heavy atom. The first-order valence-electron chi connectivity index (χ1n) is 13.2. The summed E-state index contributed by atoms with van der Waals surface area (Å²) in [6, 6.07) is 17.2. The third kappa shape index (κ3) is 6.60. The van der Waals surface area contributed by atoms with E-state index in [4.69, 9.17) is 0 Å². The number of benzene rings is 2. The number of hydrogen-bond acceptors (Lipinski definition) is 5. The Kier molecular flexibility index (Phi) is 8.39. The van der Waals surface area contributed by atoms with Gasteiger partial charge >= 0.3 is 0 Å². The zero-order valence-corrected chi connectivity index (χ0v) is 23.1. The van der Waals surface area contributed by atoms with Gasteiger partial charge < -0.3 is 15.1 Å². The van der Waals surface area contributed by atoms with E-state index >= 15 is 0 Å². The Labute approximate surface area is 221 Å². The van der Waals surface area contributed by atoms with Crippen LogP contribution in [0.1, 0.15) is 49.9 Å². The molecule has 4 atom stereocenters. The number of nitrogens with zero attached hydrogens (tertiary/aromatic N) is 2. The van der Waals surface area contributed by atoms with E-state index in [2.05, 4.69) is 31.1 Å². The number of hydrogen-bond donors (Lipinski definition) is 1. The van der Waals surface area contributed by atoms with Crippen LogP contribution in [0.2, 0.25) is 0 Å². The van der Waals surface area contributed by atoms with Crippen molar-refractivity contribution in [3.8, 4) is 11.1 Å². The lowest BCUT2D eigenvalue weighted by Crippen LogP contribution is -2.53. The summed E-state index contributed by atoms with van der Waals surface area (Å²) in [5.41, 5.74) is 2.48. The molecule has 0 spiro atoms. The predicted molar refractivity (Wildman–Crippen MR) is 147 cm³/mol. The van der Waals surface area contributed by atoms with E-state index in [1.165, 1.54) is 6.26 Å². The maximum absolute atomic E-state index is 13.4. The highest BCUT2D eigenvalue weighted by molar-refractivity contribution is 7.90. The van der Waals surface area contributed by atoms with Gasteiger partial charge in [0.25, 0.3) is 5.91 Å². The second-order valence-corrected chi connectivity index (χ2v) is 13.1. The molecule has 2 fully saturated rings. The molecule has 200 valence electrons. The van der Waals surface area contributed by atoms with Gasteiger partial charge in [0.1, 0.15) is 15.9 Å². The van der Waals surface area contributed by atoms with Crippen LogP contribution >= 0.6 is 0 Å². The van der Waals surface area contributed by atoms with Gasteiger partial charge in [-0.15, -0.1) is 0 Å². The lowest BCUT2D eigenvalue weighted by Gasteiger charge is -2.44. The van der Waals surface area contributed by atoms with Crippen molar-refractivity contribution < 1.29 is 18.0 Å². The van der Waals surface area contributed by atoms with Gasteiger partial charge in [-0.1, -0.05) is 42.5 Å². The number of rotatable bonds is 8. The third-order valence-electron chi connectivity index (χ3n) is 8.00. The van der Waals surface area contributed by atoms with Gasteiger partial charge in [-0.3, -0.25) is 9.59 Å². The summed E-state index contributed by atoms with van der Waals surface area (Å²) >= 11 is 0. The van der Waals surface area contributed by atoms with Crippen LogP contribution in [-0.2, 0) is 14.6 Å². The highest BCUT2D eigenvalue weighted by atomic mass is 32.2. The summed E-state index contributed by atoms with van der Waals surface area (Å²) in [5.74, 6) is -0.414. The topological polar surface area (TPSA) is 86.8 Å². The van der Waals surface area contributed by atoms with E-state index in [1.807, 2.05) is 53.4 Å². The number of carbonyl (C=O) groups is 2. The molecule has 1 heterocycles. The highest BCUT2D eigenvalue weighted by Gasteiger charge is 2.43. The minimum absolute atomic E-state index is 0.0766. The van der Waals surface area contributed by atoms with E-state index in [0.717, 1.165) is 30.4 Å². The van der Waals surface area contributed by atoms with E-state index < -0.39 is 15.9 Å². The molecule has 1 saturated carbocycles. The zero-order chi connectivity index (χ0) is 26.7. The molecule has 0 bridgehead atoms. The fourth-order valence-corrected chi connectivity index (χ4v) is 7.01.